The highest BCUT2D eigenvalue weighted by Crippen LogP contribution is 2.32. The molecule has 1 aromatic rings. The van der Waals surface area contributed by atoms with E-state index in [1.807, 2.05) is 31.2 Å². The van der Waals surface area contributed by atoms with Crippen LogP contribution in [0.25, 0.3) is 0 Å². The van der Waals surface area contributed by atoms with E-state index in [2.05, 4.69) is 10.6 Å². The van der Waals surface area contributed by atoms with E-state index in [4.69, 9.17) is 5.73 Å². The minimum absolute atomic E-state index is 0.112. The topological polar surface area (TPSA) is 67.2 Å². The molecule has 92 valence electrons. The third-order valence-corrected chi connectivity index (χ3v) is 3.07. The zero-order valence-corrected chi connectivity index (χ0v) is 10.1. The first-order valence-electron chi connectivity index (χ1n) is 6.03. The van der Waals surface area contributed by atoms with Gasteiger partial charge in [0.2, 0.25) is 0 Å². The number of carbonyl (C=O) groups excluding carboxylic acids is 1. The van der Waals surface area contributed by atoms with Gasteiger partial charge in [0.15, 0.2) is 0 Å². The average molecular weight is 233 g/mol. The molecule has 0 aliphatic heterocycles. The molecule has 0 spiro atoms. The van der Waals surface area contributed by atoms with E-state index in [0.29, 0.717) is 12.5 Å². The zero-order chi connectivity index (χ0) is 12.3. The van der Waals surface area contributed by atoms with Crippen molar-refractivity contribution in [3.63, 3.8) is 0 Å². The van der Waals surface area contributed by atoms with Crippen molar-refractivity contribution in [3.8, 4) is 0 Å². The van der Waals surface area contributed by atoms with Crippen LogP contribution in [0.2, 0.25) is 0 Å². The maximum atomic E-state index is 11.7. The maximum Gasteiger partial charge on any atom is 0.319 e. The summed E-state index contributed by atoms with van der Waals surface area (Å²) in [7, 11) is 0. The molecule has 1 aliphatic rings. The molecule has 2 rings (SSSR count). The van der Waals surface area contributed by atoms with Gasteiger partial charge in [0.05, 0.1) is 0 Å². The number of carbonyl (C=O) groups is 1. The summed E-state index contributed by atoms with van der Waals surface area (Å²) in [5.74, 6) is 0.573. The summed E-state index contributed by atoms with van der Waals surface area (Å²) in [5.41, 5.74) is 7.61. The minimum Gasteiger partial charge on any atom is -0.334 e. The predicted molar refractivity (Wildman–Crippen MR) is 68.9 cm³/mol. The number of hydrogen-bond donors (Lipinski definition) is 3. The third kappa shape index (κ3) is 3.46. The van der Waals surface area contributed by atoms with Crippen LogP contribution in [0.1, 0.15) is 18.4 Å². The van der Waals surface area contributed by atoms with Crippen LogP contribution in [0.5, 0.6) is 0 Å². The molecule has 1 aliphatic carbocycles. The van der Waals surface area contributed by atoms with Crippen LogP contribution < -0.4 is 16.4 Å². The Labute approximate surface area is 102 Å². The highest BCUT2D eigenvalue weighted by atomic mass is 16.2. The van der Waals surface area contributed by atoms with E-state index in [-0.39, 0.29) is 12.1 Å². The molecule has 17 heavy (non-hydrogen) atoms. The minimum atomic E-state index is -0.170. The van der Waals surface area contributed by atoms with E-state index < -0.39 is 0 Å². The van der Waals surface area contributed by atoms with Crippen molar-refractivity contribution in [1.29, 1.82) is 0 Å². The molecule has 1 unspecified atom stereocenters. The Morgan fingerprint density at radius 1 is 1.41 bits per heavy atom. The highest BCUT2D eigenvalue weighted by Gasteiger charge is 2.31. The fourth-order valence-corrected chi connectivity index (χ4v) is 1.84. The smallest absolute Gasteiger partial charge is 0.319 e. The normalized spacial score (nSPS) is 16.4. The molecule has 0 aromatic heterocycles. The summed E-state index contributed by atoms with van der Waals surface area (Å²) in [6.45, 7) is 2.52. The van der Waals surface area contributed by atoms with Crippen molar-refractivity contribution in [2.24, 2.45) is 11.7 Å². The van der Waals surface area contributed by atoms with Crippen molar-refractivity contribution >= 4 is 11.7 Å². The Balaban J connectivity index is 1.85. The Hall–Kier alpha value is -1.55. The highest BCUT2D eigenvalue weighted by molar-refractivity contribution is 5.89. The van der Waals surface area contributed by atoms with Crippen molar-refractivity contribution < 1.29 is 4.79 Å². The number of aryl methyl sites for hydroxylation is 1. The molecule has 0 saturated heterocycles. The van der Waals surface area contributed by atoms with E-state index in [0.717, 1.165) is 5.69 Å². The zero-order valence-electron chi connectivity index (χ0n) is 10.1. The summed E-state index contributed by atoms with van der Waals surface area (Å²) < 4.78 is 0. The lowest BCUT2D eigenvalue weighted by atomic mass is 10.2. The van der Waals surface area contributed by atoms with E-state index in [9.17, 15) is 4.79 Å². The summed E-state index contributed by atoms with van der Waals surface area (Å²) >= 11 is 0. The molecule has 1 saturated carbocycles. The summed E-state index contributed by atoms with van der Waals surface area (Å²) in [5, 5.41) is 5.73. The number of nitrogens with one attached hydrogen (secondary N) is 2. The van der Waals surface area contributed by atoms with E-state index >= 15 is 0 Å². The van der Waals surface area contributed by atoms with E-state index in [1.165, 1.54) is 18.4 Å². The first-order valence-corrected chi connectivity index (χ1v) is 6.03. The van der Waals surface area contributed by atoms with Crippen molar-refractivity contribution in [3.05, 3.63) is 29.8 Å². The van der Waals surface area contributed by atoms with Gasteiger partial charge in [-0.1, -0.05) is 17.7 Å². The van der Waals surface area contributed by atoms with Crippen LogP contribution in [0.15, 0.2) is 24.3 Å². The number of anilines is 1. The molecule has 0 heterocycles. The molecule has 0 bridgehead atoms. The van der Waals surface area contributed by atoms with Gasteiger partial charge >= 0.3 is 6.03 Å². The first kappa shape index (κ1) is 11.9. The van der Waals surface area contributed by atoms with Gasteiger partial charge < -0.3 is 16.4 Å². The van der Waals surface area contributed by atoms with Gasteiger partial charge in [-0.05, 0) is 37.8 Å². The molecular weight excluding hydrogens is 214 g/mol. The molecular formula is C13H19N3O. The fraction of sp³-hybridized carbons (Fsp3) is 0.462. The van der Waals surface area contributed by atoms with Crippen LogP contribution in [-0.2, 0) is 0 Å². The summed E-state index contributed by atoms with van der Waals surface area (Å²) in [6.07, 6.45) is 2.35. The first-order chi connectivity index (χ1) is 8.19. The Kier molecular flexibility index (Phi) is 3.64. The SMILES string of the molecule is Cc1ccc(NC(=O)NC(CN)C2CC2)cc1. The average Bonchev–Trinajstić information content (AvgIpc) is 3.13. The number of amides is 2. The number of rotatable bonds is 4. The summed E-state index contributed by atoms with van der Waals surface area (Å²) in [6, 6.07) is 7.66. The van der Waals surface area contributed by atoms with Gasteiger partial charge in [0.1, 0.15) is 0 Å². The number of hydrogen-bond acceptors (Lipinski definition) is 2. The molecule has 1 atom stereocenters. The largest absolute Gasteiger partial charge is 0.334 e. The number of benzene rings is 1. The second-order valence-corrected chi connectivity index (χ2v) is 4.64. The molecule has 1 fully saturated rings. The number of nitrogens with two attached hydrogens (primary N) is 1. The monoisotopic (exact) mass is 233 g/mol. The fourth-order valence-electron chi connectivity index (χ4n) is 1.84. The lowest BCUT2D eigenvalue weighted by Gasteiger charge is -2.16. The maximum absolute atomic E-state index is 11.7. The molecule has 4 nitrogen and oxygen atoms in total. The lowest BCUT2D eigenvalue weighted by Crippen LogP contribution is -2.43. The quantitative estimate of drug-likeness (QED) is 0.743. The Bertz CT molecular complexity index is 384. The van der Waals surface area contributed by atoms with Crippen molar-refractivity contribution in [2.45, 2.75) is 25.8 Å². The van der Waals surface area contributed by atoms with Gasteiger partial charge in [-0.3, -0.25) is 0 Å². The molecule has 2 amide bonds. The standard InChI is InChI=1S/C13H19N3O/c1-9-2-6-11(7-3-9)15-13(17)16-12(8-14)10-4-5-10/h2-3,6-7,10,12H,4-5,8,14H2,1H3,(H2,15,16,17). The Morgan fingerprint density at radius 2 is 2.06 bits per heavy atom. The predicted octanol–water partition coefficient (Wildman–Crippen LogP) is 1.85. The van der Waals surface area contributed by atoms with Crippen LogP contribution in [-0.4, -0.2) is 18.6 Å². The van der Waals surface area contributed by atoms with Gasteiger partial charge in [0, 0.05) is 18.3 Å². The molecule has 0 radical (unpaired) electrons. The second kappa shape index (κ2) is 5.19. The number of urea groups is 1. The van der Waals surface area contributed by atoms with Crippen LogP contribution in [0, 0.1) is 12.8 Å². The third-order valence-electron chi connectivity index (χ3n) is 3.07. The Morgan fingerprint density at radius 3 is 2.59 bits per heavy atom. The molecule has 4 heteroatoms. The van der Waals surface area contributed by atoms with Crippen molar-refractivity contribution in [2.75, 3.05) is 11.9 Å². The van der Waals surface area contributed by atoms with Gasteiger partial charge in [-0.2, -0.15) is 0 Å². The van der Waals surface area contributed by atoms with Crippen molar-refractivity contribution in [1.82, 2.24) is 5.32 Å². The van der Waals surface area contributed by atoms with Gasteiger partial charge in [0.25, 0.3) is 0 Å². The molecule has 1 aromatic carbocycles. The van der Waals surface area contributed by atoms with Crippen LogP contribution in [0.4, 0.5) is 10.5 Å². The van der Waals surface area contributed by atoms with Gasteiger partial charge in [-0.25, -0.2) is 4.79 Å². The van der Waals surface area contributed by atoms with Crippen LogP contribution in [0.3, 0.4) is 0 Å². The summed E-state index contributed by atoms with van der Waals surface area (Å²) in [4.78, 5) is 11.7. The lowest BCUT2D eigenvalue weighted by molar-refractivity contribution is 0.247. The van der Waals surface area contributed by atoms with Crippen LogP contribution >= 0.6 is 0 Å². The van der Waals surface area contributed by atoms with E-state index in [1.54, 1.807) is 0 Å². The molecule has 4 N–H and O–H groups in total. The second-order valence-electron chi connectivity index (χ2n) is 4.64. The van der Waals surface area contributed by atoms with Gasteiger partial charge in [-0.15, -0.1) is 0 Å².